The van der Waals surface area contributed by atoms with Crippen molar-refractivity contribution in [2.75, 3.05) is 0 Å². The standard InChI is InChI=1S/2C29H31.C2H6Si.2ClH.Zr/c2*1-2-16-29(17-6-3-7-18-29)21-22-19-24-12-9-15-27(28(24)20-22)26-14-8-11-23-10-4-5-13-25(23)26;1-3-2;;;/h2*4-5,8-15,19-20H,2-3,6-7,16-18,21H2,1H3;1-2H3;2*1H;/q2*-1;;;;+4/p-2. The van der Waals surface area contributed by atoms with Crippen LogP contribution in [0.3, 0.4) is 0 Å². The zero-order valence-corrected chi connectivity index (χ0v) is 43.9. The minimum absolute atomic E-state index is 0.539. The van der Waals surface area contributed by atoms with E-state index in [4.69, 9.17) is 17.0 Å². The zero-order valence-electron chi connectivity index (χ0n) is 38.9. The molecule has 0 aliphatic heterocycles. The average Bonchev–Trinajstić information content (AvgIpc) is 3.93. The van der Waals surface area contributed by atoms with E-state index in [-0.39, 0.29) is 0 Å². The zero-order chi connectivity index (χ0) is 44.8. The monoisotopic (exact) mass is 976 g/mol. The van der Waals surface area contributed by atoms with Crippen LogP contribution < -0.4 is 0 Å². The maximum absolute atomic E-state index is 4.93. The van der Waals surface area contributed by atoms with Gasteiger partial charge in [0.2, 0.25) is 0 Å². The second kappa shape index (κ2) is 24.0. The molecule has 2 radical (unpaired) electrons. The van der Waals surface area contributed by atoms with Gasteiger partial charge in [0, 0.05) is 9.52 Å². The Balaban J connectivity index is 0.000000171. The van der Waals surface area contributed by atoms with Gasteiger partial charge in [-0.2, -0.15) is 12.1 Å². The predicted molar refractivity (Wildman–Crippen MR) is 282 cm³/mol. The van der Waals surface area contributed by atoms with Gasteiger partial charge in [0.15, 0.2) is 0 Å². The molecule has 10 rings (SSSR count). The van der Waals surface area contributed by atoms with Gasteiger partial charge in [-0.25, -0.2) is 0 Å². The van der Waals surface area contributed by atoms with E-state index in [1.165, 1.54) is 168 Å². The second-order valence-electron chi connectivity index (χ2n) is 18.9. The van der Waals surface area contributed by atoms with E-state index >= 15 is 0 Å². The Kier molecular flexibility index (Phi) is 18.2. The van der Waals surface area contributed by atoms with Gasteiger partial charge >= 0.3 is 37.9 Å². The van der Waals surface area contributed by atoms with Crippen LogP contribution in [-0.4, -0.2) is 9.52 Å². The SMILES string of the molecule is CCCC1(Cc2cc3c(-c4cccc5ccccc45)cccc3[cH-]2)CCCCC1.CCCC1(Cc2cc3c(-c4cccc5ccccc45)cccc3[cH-]2)CCCCC1.C[Si]C.[Cl][Zr+2][Cl]. The summed E-state index contributed by atoms with van der Waals surface area (Å²) in [6, 6.07) is 54.5. The third-order valence-electron chi connectivity index (χ3n) is 14.3. The van der Waals surface area contributed by atoms with Crippen molar-refractivity contribution in [1.29, 1.82) is 0 Å². The van der Waals surface area contributed by atoms with E-state index in [0.717, 1.165) is 9.52 Å². The van der Waals surface area contributed by atoms with Gasteiger partial charge in [-0.05, 0) is 94.9 Å². The topological polar surface area (TPSA) is 0 Å². The van der Waals surface area contributed by atoms with Crippen molar-refractivity contribution in [1.82, 2.24) is 0 Å². The summed E-state index contributed by atoms with van der Waals surface area (Å²) in [6.45, 7) is 9.02. The number of rotatable bonds is 10. The molecule has 8 aromatic rings. The first-order valence-electron chi connectivity index (χ1n) is 24.3. The van der Waals surface area contributed by atoms with Crippen LogP contribution in [0.1, 0.15) is 115 Å². The molecule has 0 bridgehead atoms. The fourth-order valence-electron chi connectivity index (χ4n) is 11.7. The van der Waals surface area contributed by atoms with Crippen molar-refractivity contribution in [2.24, 2.45) is 10.8 Å². The van der Waals surface area contributed by atoms with Crippen LogP contribution >= 0.6 is 17.0 Å². The molecule has 0 spiro atoms. The van der Waals surface area contributed by atoms with Crippen LogP contribution in [0.15, 0.2) is 146 Å². The van der Waals surface area contributed by atoms with E-state index in [2.05, 4.69) is 173 Å². The van der Waals surface area contributed by atoms with Gasteiger partial charge in [0.25, 0.3) is 0 Å². The van der Waals surface area contributed by atoms with Crippen LogP contribution in [-0.2, 0) is 33.7 Å². The summed E-state index contributed by atoms with van der Waals surface area (Å²) >= 11 is -0.826. The summed E-state index contributed by atoms with van der Waals surface area (Å²) < 4.78 is 0. The predicted octanol–water partition coefficient (Wildman–Crippen LogP) is 19.5. The molecule has 0 N–H and O–H groups in total. The molecule has 0 saturated heterocycles. The van der Waals surface area contributed by atoms with Gasteiger partial charge in [-0.3, -0.25) is 0 Å². The summed E-state index contributed by atoms with van der Waals surface area (Å²) in [5, 5.41) is 11.0. The normalized spacial score (nSPS) is 15.3. The first-order chi connectivity index (χ1) is 31.4. The maximum atomic E-state index is 4.93. The molecule has 64 heavy (non-hydrogen) atoms. The molecule has 8 aromatic carbocycles. The minimum atomic E-state index is -0.826. The van der Waals surface area contributed by atoms with Crippen molar-refractivity contribution in [3.8, 4) is 22.3 Å². The number of halogens is 2. The Hall–Kier alpha value is -3.26. The summed E-state index contributed by atoms with van der Waals surface area (Å²) in [5.41, 5.74) is 9.62. The van der Waals surface area contributed by atoms with Crippen molar-refractivity contribution in [2.45, 2.75) is 130 Å². The molecule has 0 nitrogen and oxygen atoms in total. The molecule has 0 atom stereocenters. The van der Waals surface area contributed by atoms with E-state index in [9.17, 15) is 0 Å². The molecule has 330 valence electrons. The van der Waals surface area contributed by atoms with Gasteiger partial charge in [0.05, 0.1) is 0 Å². The Bertz CT molecular complexity index is 2470. The van der Waals surface area contributed by atoms with E-state index in [1.807, 2.05) is 0 Å². The molecule has 0 aromatic heterocycles. The first-order valence-corrected chi connectivity index (χ1v) is 32.6. The molecule has 0 heterocycles. The number of fused-ring (bicyclic) bond motifs is 4. The van der Waals surface area contributed by atoms with Crippen LogP contribution in [0.5, 0.6) is 0 Å². The Labute approximate surface area is 406 Å². The molecule has 2 fully saturated rings. The third-order valence-corrected chi connectivity index (χ3v) is 14.3. The molecule has 0 amide bonds. The van der Waals surface area contributed by atoms with Crippen LogP contribution in [0, 0.1) is 10.8 Å². The summed E-state index contributed by atoms with van der Waals surface area (Å²) in [4.78, 5) is 0. The Morgan fingerprint density at radius 2 is 0.797 bits per heavy atom. The second-order valence-corrected chi connectivity index (χ2v) is 23.7. The molecule has 2 aliphatic carbocycles. The molecular weight excluding hydrogens is 911 g/mol. The van der Waals surface area contributed by atoms with Crippen LogP contribution in [0.2, 0.25) is 13.1 Å². The fourth-order valence-corrected chi connectivity index (χ4v) is 11.7. The van der Waals surface area contributed by atoms with Crippen LogP contribution in [0.25, 0.3) is 65.3 Å². The molecule has 0 unspecified atom stereocenters. The number of benzene rings is 6. The molecule has 2 aliphatic rings. The number of hydrogen-bond donors (Lipinski definition) is 0. The molecular formula is C60H68Cl2SiZr. The van der Waals surface area contributed by atoms with Gasteiger partial charge in [-0.15, -0.1) is 69.1 Å². The molecule has 4 heteroatoms. The van der Waals surface area contributed by atoms with Crippen molar-refractivity contribution in [3.05, 3.63) is 157 Å². The fraction of sp³-hybridized carbons (Fsp3) is 0.367. The summed E-state index contributed by atoms with van der Waals surface area (Å²) in [5.74, 6) is 0. The average molecular weight is 979 g/mol. The van der Waals surface area contributed by atoms with Crippen molar-refractivity contribution >= 4 is 69.6 Å². The van der Waals surface area contributed by atoms with Gasteiger partial charge in [0.1, 0.15) is 0 Å². The third kappa shape index (κ3) is 11.8. The van der Waals surface area contributed by atoms with Gasteiger partial charge in [-0.1, -0.05) is 186 Å². The number of hydrogen-bond acceptors (Lipinski definition) is 0. The van der Waals surface area contributed by atoms with Crippen LogP contribution in [0.4, 0.5) is 0 Å². The summed E-state index contributed by atoms with van der Waals surface area (Å²) in [6.07, 6.45) is 22.1. The first kappa shape index (κ1) is 48.7. The summed E-state index contributed by atoms with van der Waals surface area (Å²) in [7, 11) is 11.0. The van der Waals surface area contributed by atoms with E-state index in [1.54, 1.807) is 11.1 Å². The quantitative estimate of drug-likeness (QED) is 0.0946. The molecule has 2 saturated carbocycles. The van der Waals surface area contributed by atoms with Gasteiger partial charge < -0.3 is 0 Å². The van der Waals surface area contributed by atoms with E-state index in [0.29, 0.717) is 10.8 Å². The van der Waals surface area contributed by atoms with Crippen molar-refractivity contribution < 1.29 is 20.8 Å². The van der Waals surface area contributed by atoms with Crippen molar-refractivity contribution in [3.63, 3.8) is 0 Å². The Morgan fingerprint density at radius 3 is 1.17 bits per heavy atom. The van der Waals surface area contributed by atoms with E-state index < -0.39 is 20.8 Å². The Morgan fingerprint density at radius 1 is 0.469 bits per heavy atom.